The third kappa shape index (κ3) is 3.80. The average molecular weight is 345 g/mol. The summed E-state index contributed by atoms with van der Waals surface area (Å²) in [5.41, 5.74) is 0.556. The van der Waals surface area contributed by atoms with E-state index < -0.39 is 10.0 Å². The summed E-state index contributed by atoms with van der Waals surface area (Å²) < 4.78 is 27.4. The van der Waals surface area contributed by atoms with Crippen molar-refractivity contribution in [3.05, 3.63) is 60.4 Å². The highest BCUT2D eigenvalue weighted by molar-refractivity contribution is 7.89. The molecule has 2 aromatic rings. The Morgan fingerprint density at radius 3 is 2.42 bits per heavy atom. The summed E-state index contributed by atoms with van der Waals surface area (Å²) in [6.45, 7) is 1.05. The third-order valence-corrected chi connectivity index (χ3v) is 5.60. The second-order valence-corrected chi connectivity index (χ2v) is 7.46. The number of carbonyl (C=O) groups excluding carboxylic acids is 1. The minimum atomic E-state index is -3.51. The van der Waals surface area contributed by atoms with Crippen LogP contribution in [0.15, 0.2) is 59.8 Å². The van der Waals surface area contributed by atoms with Gasteiger partial charge in [0.15, 0.2) is 0 Å². The van der Waals surface area contributed by atoms with Crippen molar-refractivity contribution >= 4 is 15.9 Å². The van der Waals surface area contributed by atoms with Gasteiger partial charge in [-0.3, -0.25) is 9.78 Å². The molecular weight excluding hydrogens is 326 g/mol. The molecule has 0 atom stereocenters. The Labute approximate surface area is 141 Å². The molecule has 0 aliphatic carbocycles. The molecule has 24 heavy (non-hydrogen) atoms. The Morgan fingerprint density at radius 1 is 1.08 bits per heavy atom. The first-order valence-corrected chi connectivity index (χ1v) is 9.31. The molecule has 0 spiro atoms. The quantitative estimate of drug-likeness (QED) is 0.914. The fraction of sp³-hybridized carbons (Fsp3) is 0.294. The molecule has 0 radical (unpaired) electrons. The van der Waals surface area contributed by atoms with Crippen molar-refractivity contribution in [2.24, 2.45) is 0 Å². The summed E-state index contributed by atoms with van der Waals surface area (Å²) in [5, 5.41) is 0. The highest BCUT2D eigenvalue weighted by Gasteiger charge is 2.27. The van der Waals surface area contributed by atoms with Crippen LogP contribution in [0.3, 0.4) is 0 Å². The van der Waals surface area contributed by atoms with E-state index in [0.29, 0.717) is 31.5 Å². The van der Waals surface area contributed by atoms with Crippen molar-refractivity contribution in [1.82, 2.24) is 14.6 Å². The van der Waals surface area contributed by atoms with Crippen LogP contribution in [-0.2, 0) is 10.0 Å². The van der Waals surface area contributed by atoms with E-state index in [1.165, 1.54) is 0 Å². The predicted molar refractivity (Wildman–Crippen MR) is 89.9 cm³/mol. The van der Waals surface area contributed by atoms with E-state index in [4.69, 9.17) is 0 Å². The average Bonchev–Trinajstić information content (AvgIpc) is 2.63. The van der Waals surface area contributed by atoms with Crippen molar-refractivity contribution in [2.75, 3.05) is 13.1 Å². The maximum Gasteiger partial charge on any atom is 0.255 e. The molecule has 1 fully saturated rings. The fourth-order valence-corrected chi connectivity index (χ4v) is 4.09. The van der Waals surface area contributed by atoms with Gasteiger partial charge in [-0.1, -0.05) is 18.2 Å². The highest BCUT2D eigenvalue weighted by atomic mass is 32.2. The number of benzene rings is 1. The first-order valence-electron chi connectivity index (χ1n) is 7.83. The summed E-state index contributed by atoms with van der Waals surface area (Å²) in [6.07, 6.45) is 4.37. The molecule has 1 N–H and O–H groups in total. The minimum Gasteiger partial charge on any atom is -0.338 e. The number of hydrogen-bond acceptors (Lipinski definition) is 4. The number of likely N-dealkylation sites (tertiary alicyclic amines) is 1. The van der Waals surface area contributed by atoms with Crippen LogP contribution in [0.1, 0.15) is 23.2 Å². The number of aromatic nitrogens is 1. The van der Waals surface area contributed by atoms with Crippen LogP contribution in [0.4, 0.5) is 0 Å². The van der Waals surface area contributed by atoms with E-state index in [9.17, 15) is 13.2 Å². The summed E-state index contributed by atoms with van der Waals surface area (Å²) in [4.78, 5) is 18.3. The molecule has 7 heteroatoms. The second kappa shape index (κ2) is 7.11. The molecule has 0 saturated carbocycles. The number of nitrogens with zero attached hydrogens (tertiary/aromatic N) is 2. The molecule has 0 unspecified atom stereocenters. The number of rotatable bonds is 4. The van der Waals surface area contributed by atoms with Crippen LogP contribution in [0.25, 0.3) is 0 Å². The molecule has 0 bridgehead atoms. The molecule has 2 heterocycles. The van der Waals surface area contributed by atoms with Crippen molar-refractivity contribution in [1.29, 1.82) is 0 Å². The SMILES string of the molecule is O=C(c1cccnc1)N1CCC(NS(=O)(=O)c2ccccc2)CC1. The van der Waals surface area contributed by atoms with Crippen LogP contribution in [-0.4, -0.2) is 43.3 Å². The normalized spacial score (nSPS) is 16.1. The Morgan fingerprint density at radius 2 is 1.79 bits per heavy atom. The van der Waals surface area contributed by atoms with Gasteiger partial charge in [0.05, 0.1) is 10.5 Å². The first-order chi connectivity index (χ1) is 11.6. The van der Waals surface area contributed by atoms with Crippen LogP contribution in [0.5, 0.6) is 0 Å². The third-order valence-electron chi connectivity index (χ3n) is 4.07. The van der Waals surface area contributed by atoms with Crippen molar-refractivity contribution in [3.63, 3.8) is 0 Å². The number of nitrogens with one attached hydrogen (secondary N) is 1. The van der Waals surface area contributed by atoms with Crippen LogP contribution < -0.4 is 4.72 Å². The largest absolute Gasteiger partial charge is 0.338 e. The molecule has 126 valence electrons. The summed E-state index contributed by atoms with van der Waals surface area (Å²) in [6, 6.07) is 11.6. The van der Waals surface area contributed by atoms with Crippen LogP contribution >= 0.6 is 0 Å². The highest BCUT2D eigenvalue weighted by Crippen LogP contribution is 2.16. The summed E-state index contributed by atoms with van der Waals surface area (Å²) in [7, 11) is -3.51. The smallest absolute Gasteiger partial charge is 0.255 e. The number of pyridine rings is 1. The van der Waals surface area contributed by atoms with Gasteiger partial charge >= 0.3 is 0 Å². The van der Waals surface area contributed by atoms with E-state index in [2.05, 4.69) is 9.71 Å². The fourth-order valence-electron chi connectivity index (χ4n) is 2.76. The number of carbonyl (C=O) groups is 1. The lowest BCUT2D eigenvalue weighted by atomic mass is 10.1. The van der Waals surface area contributed by atoms with Crippen LogP contribution in [0, 0.1) is 0 Å². The molecule has 1 aliphatic heterocycles. The predicted octanol–water partition coefficient (Wildman–Crippen LogP) is 1.66. The van der Waals surface area contributed by atoms with Crippen molar-refractivity contribution in [2.45, 2.75) is 23.8 Å². The first kappa shape index (κ1) is 16.6. The Kier molecular flexibility index (Phi) is 4.92. The topological polar surface area (TPSA) is 79.4 Å². The van der Waals surface area contributed by atoms with Gasteiger partial charge in [0.2, 0.25) is 10.0 Å². The summed E-state index contributed by atoms with van der Waals surface area (Å²) in [5.74, 6) is -0.0625. The number of piperidine rings is 1. The molecule has 1 saturated heterocycles. The number of sulfonamides is 1. The van der Waals surface area contributed by atoms with E-state index in [-0.39, 0.29) is 16.8 Å². The molecular formula is C17H19N3O3S. The van der Waals surface area contributed by atoms with Crippen LogP contribution in [0.2, 0.25) is 0 Å². The van der Waals surface area contributed by atoms with E-state index in [0.717, 1.165) is 0 Å². The van der Waals surface area contributed by atoms with E-state index in [1.54, 1.807) is 59.8 Å². The Bertz CT molecular complexity index is 786. The molecule has 1 aromatic heterocycles. The van der Waals surface area contributed by atoms with E-state index >= 15 is 0 Å². The Hall–Kier alpha value is -2.25. The lowest BCUT2D eigenvalue weighted by molar-refractivity contribution is 0.0711. The molecule has 1 aromatic carbocycles. The molecule has 3 rings (SSSR count). The van der Waals surface area contributed by atoms with Gasteiger partial charge in [0.25, 0.3) is 5.91 Å². The lowest BCUT2D eigenvalue weighted by Gasteiger charge is -2.32. The second-order valence-electron chi connectivity index (χ2n) is 5.74. The standard InChI is InChI=1S/C17H19N3O3S/c21-17(14-5-4-10-18-13-14)20-11-8-15(9-12-20)19-24(22,23)16-6-2-1-3-7-16/h1-7,10,13,15,19H,8-9,11-12H2. The van der Waals surface area contributed by atoms with Gasteiger partial charge in [0.1, 0.15) is 0 Å². The minimum absolute atomic E-state index is 0.0625. The van der Waals surface area contributed by atoms with Gasteiger partial charge < -0.3 is 4.90 Å². The monoisotopic (exact) mass is 345 g/mol. The van der Waals surface area contributed by atoms with Gasteiger partial charge in [-0.25, -0.2) is 13.1 Å². The molecule has 1 amide bonds. The zero-order valence-corrected chi connectivity index (χ0v) is 13.9. The summed E-state index contributed by atoms with van der Waals surface area (Å²) >= 11 is 0. The maximum absolute atomic E-state index is 12.4. The van der Waals surface area contributed by atoms with Crippen molar-refractivity contribution < 1.29 is 13.2 Å². The Balaban J connectivity index is 1.59. The lowest BCUT2D eigenvalue weighted by Crippen LogP contribution is -2.46. The van der Waals surface area contributed by atoms with Gasteiger partial charge in [0, 0.05) is 31.5 Å². The zero-order valence-electron chi connectivity index (χ0n) is 13.1. The molecule has 1 aliphatic rings. The van der Waals surface area contributed by atoms with Gasteiger partial charge in [-0.05, 0) is 37.1 Å². The van der Waals surface area contributed by atoms with Gasteiger partial charge in [-0.2, -0.15) is 0 Å². The number of amides is 1. The maximum atomic E-state index is 12.4. The number of hydrogen-bond donors (Lipinski definition) is 1. The van der Waals surface area contributed by atoms with E-state index in [1.807, 2.05) is 0 Å². The van der Waals surface area contributed by atoms with Crippen molar-refractivity contribution in [3.8, 4) is 0 Å². The molecule has 6 nitrogen and oxygen atoms in total. The zero-order chi connectivity index (χ0) is 17.0. The van der Waals surface area contributed by atoms with Gasteiger partial charge in [-0.15, -0.1) is 0 Å².